The Bertz CT molecular complexity index is 444. The van der Waals surface area contributed by atoms with E-state index >= 15 is 0 Å². The Labute approximate surface area is 95.2 Å². The maximum atomic E-state index is 11.8. The first-order valence-corrected chi connectivity index (χ1v) is 6.12. The normalized spacial score (nSPS) is 27.7. The summed E-state index contributed by atoms with van der Waals surface area (Å²) in [5, 5.41) is 10.9. The molecule has 86 valence electrons. The van der Waals surface area contributed by atoms with Gasteiger partial charge in [-0.1, -0.05) is 12.1 Å². The maximum absolute atomic E-state index is 11.8. The lowest BCUT2D eigenvalue weighted by Crippen LogP contribution is -2.67. The van der Waals surface area contributed by atoms with E-state index in [1.165, 1.54) is 0 Å². The van der Waals surface area contributed by atoms with Crippen molar-refractivity contribution in [2.45, 2.75) is 10.5 Å². The third-order valence-corrected chi connectivity index (χ3v) is 3.89. The average Bonchev–Trinajstić information content (AvgIpc) is 2.37. The summed E-state index contributed by atoms with van der Waals surface area (Å²) in [6, 6.07) is 7.18. The van der Waals surface area contributed by atoms with Gasteiger partial charge in [0.05, 0.1) is 11.4 Å². The minimum Gasteiger partial charge on any atom is -0.534 e. The third kappa shape index (κ3) is 1.54. The maximum Gasteiger partial charge on any atom is 0.258 e. The van der Waals surface area contributed by atoms with E-state index in [0.29, 0.717) is 17.2 Å². The number of hydrogen-bond acceptors (Lipinski definition) is 3. The summed E-state index contributed by atoms with van der Waals surface area (Å²) in [4.78, 5) is 0.633. The largest absolute Gasteiger partial charge is 0.534 e. The number of benzene rings is 1. The van der Waals surface area contributed by atoms with Crippen molar-refractivity contribution in [2.24, 2.45) is 0 Å². The van der Waals surface area contributed by atoms with Gasteiger partial charge in [-0.15, -0.1) is 0 Å². The van der Waals surface area contributed by atoms with Crippen LogP contribution in [0.4, 0.5) is 0 Å². The van der Waals surface area contributed by atoms with Crippen LogP contribution in [-0.4, -0.2) is 29.6 Å². The zero-order chi connectivity index (χ0) is 11.2. The molecule has 0 aromatic heterocycles. The fraction of sp³-hybridized carbons (Fsp3) is 0.400. The van der Waals surface area contributed by atoms with E-state index in [4.69, 9.17) is 4.74 Å². The number of hydrogen-bond donors (Lipinski definition) is 1. The fourth-order valence-corrected chi connectivity index (χ4v) is 2.98. The van der Waals surface area contributed by atoms with Crippen molar-refractivity contribution < 1.29 is 18.7 Å². The molecule has 2 aliphatic rings. The molecule has 1 fully saturated rings. The van der Waals surface area contributed by atoms with Gasteiger partial charge in [0.1, 0.15) is 16.7 Å². The van der Waals surface area contributed by atoms with Crippen molar-refractivity contribution in [3.8, 4) is 5.75 Å². The van der Waals surface area contributed by atoms with Crippen LogP contribution in [0.25, 0.3) is 0 Å². The minimum absolute atomic E-state index is 0.242. The van der Waals surface area contributed by atoms with Crippen LogP contribution in [0.3, 0.4) is 0 Å². The Hall–Kier alpha value is -0.950. The molecule has 2 heterocycles. The summed E-state index contributed by atoms with van der Waals surface area (Å²) < 4.78 is 22.2. The molecule has 5 nitrogen and oxygen atoms in total. The second kappa shape index (κ2) is 3.53. The van der Waals surface area contributed by atoms with Crippen molar-refractivity contribution in [1.29, 1.82) is 0 Å². The second-order valence-corrected chi connectivity index (χ2v) is 5.32. The Kier molecular flexibility index (Phi) is 2.25. The Balaban J connectivity index is 1.96. The summed E-state index contributed by atoms with van der Waals surface area (Å²) in [6.45, 7) is 0.900. The molecule has 1 unspecified atom stereocenters. The van der Waals surface area contributed by atoms with Crippen molar-refractivity contribution in [3.63, 3.8) is 0 Å². The number of nitrogens with one attached hydrogen (secondary N) is 1. The lowest BCUT2D eigenvalue weighted by atomic mass is 10.0. The van der Waals surface area contributed by atoms with Crippen LogP contribution < -0.4 is 14.7 Å². The summed E-state index contributed by atoms with van der Waals surface area (Å²) >= 11 is 0. The van der Waals surface area contributed by atoms with Crippen LogP contribution in [0.1, 0.15) is 0 Å². The van der Waals surface area contributed by atoms with Gasteiger partial charge in [-0.25, -0.2) is 8.93 Å². The first-order valence-electron chi connectivity index (χ1n) is 4.97. The van der Waals surface area contributed by atoms with Crippen LogP contribution in [0.5, 0.6) is 5.75 Å². The van der Waals surface area contributed by atoms with E-state index in [9.17, 15) is 9.47 Å². The van der Waals surface area contributed by atoms with Gasteiger partial charge in [0, 0.05) is 0 Å². The molecule has 1 saturated heterocycles. The van der Waals surface area contributed by atoms with Gasteiger partial charge in [-0.05, 0) is 12.1 Å². The molecule has 6 heteroatoms. The monoisotopic (exact) mass is 241 g/mol. The van der Waals surface area contributed by atoms with Crippen molar-refractivity contribution in [2.75, 3.05) is 19.8 Å². The zero-order valence-electron chi connectivity index (χ0n) is 8.47. The summed E-state index contributed by atoms with van der Waals surface area (Å²) in [7, 11) is -1.26. The molecule has 1 atom stereocenters. The predicted molar refractivity (Wildman–Crippen MR) is 55.0 cm³/mol. The lowest BCUT2D eigenvalue weighted by molar-refractivity contribution is -0.827. The molecule has 1 spiro atoms. The predicted octanol–water partition coefficient (Wildman–Crippen LogP) is -0.729. The lowest BCUT2D eigenvalue weighted by Gasteiger charge is -2.44. The van der Waals surface area contributed by atoms with Gasteiger partial charge in [0.15, 0.2) is 0 Å². The molecular weight excluding hydrogens is 230 g/mol. The smallest absolute Gasteiger partial charge is 0.258 e. The summed E-state index contributed by atoms with van der Waals surface area (Å²) in [5.41, 5.74) is -0.547. The quantitative estimate of drug-likeness (QED) is 0.481. The fourth-order valence-electron chi connectivity index (χ4n) is 1.94. The Morgan fingerprint density at radius 2 is 2.19 bits per heavy atom. The molecule has 0 bridgehead atoms. The van der Waals surface area contributed by atoms with E-state index in [1.807, 2.05) is 12.1 Å². The van der Waals surface area contributed by atoms with Crippen LogP contribution in [0, 0.1) is 0 Å². The zero-order valence-corrected chi connectivity index (χ0v) is 9.29. The van der Waals surface area contributed by atoms with E-state index < -0.39 is 16.6 Å². The highest BCUT2D eigenvalue weighted by atomic mass is 32.2. The van der Waals surface area contributed by atoms with Crippen LogP contribution in [-0.2, 0) is 15.5 Å². The molecule has 3 rings (SSSR count). The van der Waals surface area contributed by atoms with Gasteiger partial charge in [-0.2, -0.15) is 0 Å². The molecule has 0 saturated carbocycles. The van der Waals surface area contributed by atoms with Crippen LogP contribution in [0.2, 0.25) is 0 Å². The molecule has 1 aromatic carbocycles. The molecule has 1 aromatic rings. The van der Waals surface area contributed by atoms with Gasteiger partial charge in [0.2, 0.25) is 13.2 Å². The molecule has 16 heavy (non-hydrogen) atoms. The second-order valence-electron chi connectivity index (χ2n) is 4.05. The molecule has 0 aliphatic carbocycles. The topological polar surface area (TPSA) is 64.1 Å². The summed E-state index contributed by atoms with van der Waals surface area (Å²) in [6.07, 6.45) is 0. The van der Waals surface area contributed by atoms with Crippen LogP contribution >= 0.6 is 0 Å². The van der Waals surface area contributed by atoms with Gasteiger partial charge < -0.3 is 14.5 Å². The third-order valence-electron chi connectivity index (χ3n) is 2.75. The van der Waals surface area contributed by atoms with Gasteiger partial charge >= 0.3 is 0 Å². The highest BCUT2D eigenvalue weighted by Crippen LogP contribution is 2.33. The highest BCUT2D eigenvalue weighted by molar-refractivity contribution is 7.83. The van der Waals surface area contributed by atoms with E-state index in [-0.39, 0.29) is 13.2 Å². The van der Waals surface area contributed by atoms with Gasteiger partial charge in [-0.3, -0.25) is 0 Å². The summed E-state index contributed by atoms with van der Waals surface area (Å²) in [5.74, 6) is 0.597. The highest BCUT2D eigenvalue weighted by Gasteiger charge is 2.52. The number of rotatable bonds is 0. The van der Waals surface area contributed by atoms with E-state index in [2.05, 4.69) is 4.72 Å². The first kappa shape index (κ1) is 10.2. The number of para-hydroxylation sites is 1. The molecule has 0 radical (unpaired) electrons. The van der Waals surface area contributed by atoms with Crippen LogP contribution in [0.15, 0.2) is 29.2 Å². The first-order chi connectivity index (χ1) is 7.69. The molecular formula is C10H11NO4S. The van der Waals surface area contributed by atoms with Crippen molar-refractivity contribution in [3.05, 3.63) is 24.3 Å². The Morgan fingerprint density at radius 1 is 1.44 bits per heavy atom. The number of ether oxygens (including phenoxy) is 1. The van der Waals surface area contributed by atoms with Crippen molar-refractivity contribution >= 4 is 11.0 Å². The van der Waals surface area contributed by atoms with E-state index in [1.54, 1.807) is 16.7 Å². The molecule has 2 aliphatic heterocycles. The average molecular weight is 241 g/mol. The number of fused-ring (bicyclic) bond motifs is 1. The van der Waals surface area contributed by atoms with Gasteiger partial charge in [0.25, 0.3) is 5.60 Å². The standard InChI is InChI=1S/C10H11NO4S/c12-15-6-10(7-15)5-11-16(13)9-4-2-1-3-8(9)14-10/h1-4,11H,5-7H2. The van der Waals surface area contributed by atoms with Crippen molar-refractivity contribution in [1.82, 2.24) is 4.72 Å². The van der Waals surface area contributed by atoms with E-state index in [0.717, 1.165) is 0 Å². The molecule has 0 amide bonds. The minimum atomic E-state index is -1.26. The Morgan fingerprint density at radius 3 is 2.94 bits per heavy atom. The molecule has 1 N–H and O–H groups in total. The SMILES string of the molecule is O=S1NCC2(C[O+]([O-])C2)Oc2ccccc21.